The molecule has 0 spiro atoms. The Morgan fingerprint density at radius 1 is 1.19 bits per heavy atom. The minimum Gasteiger partial charge on any atom is -0.481 e. The number of carboxylic acids is 1. The Balaban J connectivity index is 2.23. The third kappa shape index (κ3) is 4.86. The Labute approximate surface area is 189 Å². The molecular formula is C20H20Cl2N2O6S. The van der Waals surface area contributed by atoms with Crippen LogP contribution in [0.15, 0.2) is 42.5 Å². The van der Waals surface area contributed by atoms with Crippen LogP contribution in [-0.2, 0) is 14.8 Å². The van der Waals surface area contributed by atoms with E-state index in [0.29, 0.717) is 16.1 Å². The summed E-state index contributed by atoms with van der Waals surface area (Å²) in [6, 6.07) is 8.62. The van der Waals surface area contributed by atoms with E-state index in [1.807, 2.05) is 0 Å². The van der Waals surface area contributed by atoms with Gasteiger partial charge in [-0.15, -0.1) is 0 Å². The van der Waals surface area contributed by atoms with Gasteiger partial charge >= 0.3 is 5.97 Å². The summed E-state index contributed by atoms with van der Waals surface area (Å²) in [6.45, 7) is -0.915. The van der Waals surface area contributed by atoms with E-state index in [-0.39, 0.29) is 17.1 Å². The maximum Gasteiger partial charge on any atom is 0.313 e. The van der Waals surface area contributed by atoms with Crippen molar-refractivity contribution in [2.75, 3.05) is 19.4 Å². The number of amides is 1. The van der Waals surface area contributed by atoms with Gasteiger partial charge in [0, 0.05) is 22.2 Å². The fourth-order valence-electron chi connectivity index (χ4n) is 3.79. The van der Waals surface area contributed by atoms with Gasteiger partial charge in [0.05, 0.1) is 24.9 Å². The molecule has 3 N–H and O–H groups in total. The van der Waals surface area contributed by atoms with Crippen molar-refractivity contribution < 1.29 is 28.2 Å². The third-order valence-electron chi connectivity index (χ3n) is 5.11. The van der Waals surface area contributed by atoms with Crippen molar-refractivity contribution in [3.05, 3.63) is 69.2 Å². The molecule has 0 bridgehead atoms. The predicted octanol–water partition coefficient (Wildman–Crippen LogP) is 2.27. The van der Waals surface area contributed by atoms with Gasteiger partial charge in [-0.2, -0.15) is 0 Å². The Morgan fingerprint density at radius 3 is 2.45 bits per heavy atom. The van der Waals surface area contributed by atoms with E-state index in [0.717, 1.165) is 6.26 Å². The number of hydrogen-bond acceptors (Lipinski definition) is 5. The average Bonchev–Trinajstić information content (AvgIpc) is 2.68. The van der Waals surface area contributed by atoms with Gasteiger partial charge < -0.3 is 15.1 Å². The number of sulfonamides is 1. The van der Waals surface area contributed by atoms with Crippen molar-refractivity contribution in [3.8, 4) is 0 Å². The molecule has 0 saturated carbocycles. The first kappa shape index (κ1) is 23.5. The van der Waals surface area contributed by atoms with Crippen molar-refractivity contribution in [1.29, 1.82) is 0 Å². The molecule has 1 aliphatic heterocycles. The molecule has 1 amide bonds. The Kier molecular flexibility index (Phi) is 6.92. The zero-order valence-corrected chi connectivity index (χ0v) is 18.7. The summed E-state index contributed by atoms with van der Waals surface area (Å²) in [5.74, 6) is -2.95. The van der Waals surface area contributed by atoms with Gasteiger partial charge in [0.25, 0.3) is 5.91 Å². The highest BCUT2D eigenvalue weighted by molar-refractivity contribution is 7.88. The summed E-state index contributed by atoms with van der Waals surface area (Å²) in [7, 11) is -3.63. The molecule has 1 heterocycles. The molecule has 2 unspecified atom stereocenters. The van der Waals surface area contributed by atoms with Crippen molar-refractivity contribution in [2.24, 2.45) is 0 Å². The number of aliphatic carboxylic acids is 1. The van der Waals surface area contributed by atoms with E-state index >= 15 is 0 Å². The summed E-state index contributed by atoms with van der Waals surface area (Å²) in [5.41, 5.74) is 0.785. The normalized spacial score (nSPS) is 19.7. The number of aliphatic hydroxyl groups excluding tert-OH is 1. The highest BCUT2D eigenvalue weighted by Crippen LogP contribution is 2.46. The smallest absolute Gasteiger partial charge is 0.313 e. The number of benzene rings is 2. The van der Waals surface area contributed by atoms with Gasteiger partial charge in [-0.1, -0.05) is 47.5 Å². The summed E-state index contributed by atoms with van der Waals surface area (Å²) >= 11 is 12.4. The monoisotopic (exact) mass is 486 g/mol. The van der Waals surface area contributed by atoms with Crippen LogP contribution in [0.1, 0.15) is 33.4 Å². The second-order valence-corrected chi connectivity index (χ2v) is 9.86. The topological polar surface area (TPSA) is 124 Å². The lowest BCUT2D eigenvalue weighted by molar-refractivity contribution is -0.141. The van der Waals surface area contributed by atoms with Crippen molar-refractivity contribution in [3.63, 3.8) is 0 Å². The summed E-state index contributed by atoms with van der Waals surface area (Å²) in [5, 5.41) is 20.6. The van der Waals surface area contributed by atoms with Gasteiger partial charge in [0.2, 0.25) is 10.0 Å². The van der Waals surface area contributed by atoms with Gasteiger partial charge in [-0.3, -0.25) is 9.59 Å². The molecule has 0 fully saturated rings. The van der Waals surface area contributed by atoms with Crippen LogP contribution in [0.3, 0.4) is 0 Å². The van der Waals surface area contributed by atoms with Gasteiger partial charge in [-0.25, -0.2) is 13.1 Å². The lowest BCUT2D eigenvalue weighted by atomic mass is 9.79. The SMILES string of the molecule is CS(=O)(=O)NC[C@@H](CO)N1C(=O)c2ccccc2C(C(=O)O)C1c1ccc(Cl)cc1Cl. The van der Waals surface area contributed by atoms with E-state index in [2.05, 4.69) is 4.72 Å². The van der Waals surface area contributed by atoms with E-state index in [9.17, 15) is 28.2 Å². The van der Waals surface area contributed by atoms with E-state index < -0.39 is 46.5 Å². The number of nitrogens with one attached hydrogen (secondary N) is 1. The van der Waals surface area contributed by atoms with Gasteiger partial charge in [0.15, 0.2) is 0 Å². The van der Waals surface area contributed by atoms with Crippen LogP contribution in [0.5, 0.6) is 0 Å². The van der Waals surface area contributed by atoms with Gasteiger partial charge in [-0.05, 0) is 29.3 Å². The molecule has 1 aliphatic rings. The molecule has 3 atom stereocenters. The first-order valence-corrected chi connectivity index (χ1v) is 11.8. The van der Waals surface area contributed by atoms with Crippen LogP contribution in [0.25, 0.3) is 0 Å². The third-order valence-corrected chi connectivity index (χ3v) is 6.36. The largest absolute Gasteiger partial charge is 0.481 e. The molecule has 31 heavy (non-hydrogen) atoms. The van der Waals surface area contributed by atoms with Crippen molar-refractivity contribution in [1.82, 2.24) is 9.62 Å². The Hall–Kier alpha value is -2.17. The molecule has 0 saturated heterocycles. The lowest BCUT2D eigenvalue weighted by Crippen LogP contribution is -2.54. The Bertz CT molecular complexity index is 1120. The Morgan fingerprint density at radius 2 is 1.87 bits per heavy atom. The minimum atomic E-state index is -3.63. The molecule has 0 radical (unpaired) electrons. The van der Waals surface area contributed by atoms with Gasteiger partial charge in [0.1, 0.15) is 5.92 Å². The molecule has 2 aromatic carbocycles. The standard InChI is InChI=1S/C20H20Cl2N2O6S/c1-31(29,30)23-9-12(10-25)24-18(15-7-6-11(21)8-16(15)22)17(20(27)28)13-4-2-3-5-14(13)19(24)26/h2-8,12,17-18,23,25H,9-10H2,1H3,(H,27,28)/t12-,17?,18?/m0/s1. The number of rotatable bonds is 7. The molecule has 8 nitrogen and oxygen atoms in total. The molecule has 166 valence electrons. The zero-order chi connectivity index (χ0) is 22.9. The second kappa shape index (κ2) is 9.13. The van der Waals surface area contributed by atoms with Crippen LogP contribution >= 0.6 is 23.2 Å². The number of aliphatic hydroxyl groups is 1. The maximum atomic E-state index is 13.4. The first-order chi connectivity index (χ1) is 14.5. The van der Waals surface area contributed by atoms with Crippen LogP contribution in [0.4, 0.5) is 0 Å². The van der Waals surface area contributed by atoms with Crippen LogP contribution in [-0.4, -0.2) is 60.9 Å². The summed E-state index contributed by atoms with van der Waals surface area (Å²) < 4.78 is 25.5. The van der Waals surface area contributed by atoms with Crippen LogP contribution in [0.2, 0.25) is 10.0 Å². The number of hydrogen-bond donors (Lipinski definition) is 3. The van der Waals surface area contributed by atoms with E-state index in [1.165, 1.54) is 29.2 Å². The zero-order valence-electron chi connectivity index (χ0n) is 16.3. The summed E-state index contributed by atoms with van der Waals surface area (Å²) in [6.07, 6.45) is 0.947. The van der Waals surface area contributed by atoms with Crippen molar-refractivity contribution >= 4 is 45.1 Å². The minimum absolute atomic E-state index is 0.147. The number of halogens is 2. The van der Waals surface area contributed by atoms with Crippen LogP contribution < -0.4 is 4.72 Å². The lowest BCUT2D eigenvalue weighted by Gasteiger charge is -2.44. The number of carbonyl (C=O) groups is 2. The molecular weight excluding hydrogens is 467 g/mol. The quantitative estimate of drug-likeness (QED) is 0.551. The second-order valence-electron chi connectivity index (χ2n) is 7.18. The fraction of sp³-hybridized carbons (Fsp3) is 0.300. The summed E-state index contributed by atoms with van der Waals surface area (Å²) in [4.78, 5) is 27.0. The molecule has 0 aromatic heterocycles. The highest BCUT2D eigenvalue weighted by Gasteiger charge is 2.47. The van der Waals surface area contributed by atoms with E-state index in [1.54, 1.807) is 18.2 Å². The predicted molar refractivity (Wildman–Crippen MR) is 116 cm³/mol. The number of nitrogens with zero attached hydrogens (tertiary/aromatic N) is 1. The average molecular weight is 487 g/mol. The number of fused-ring (bicyclic) bond motifs is 1. The number of carbonyl (C=O) groups excluding carboxylic acids is 1. The molecule has 11 heteroatoms. The van der Waals surface area contributed by atoms with Crippen molar-refractivity contribution in [2.45, 2.75) is 18.0 Å². The molecule has 0 aliphatic carbocycles. The van der Waals surface area contributed by atoms with E-state index in [4.69, 9.17) is 23.2 Å². The highest BCUT2D eigenvalue weighted by atomic mass is 35.5. The molecule has 2 aromatic rings. The number of carboxylic acid groups (broad SMARTS) is 1. The molecule has 3 rings (SSSR count). The van der Waals surface area contributed by atoms with Crippen LogP contribution in [0, 0.1) is 0 Å². The maximum absolute atomic E-state index is 13.4. The first-order valence-electron chi connectivity index (χ1n) is 9.20. The fourth-order valence-corrected chi connectivity index (χ4v) is 4.80.